The van der Waals surface area contributed by atoms with Gasteiger partial charge in [0.2, 0.25) is 5.91 Å². The smallest absolute Gasteiger partial charge is 0.226 e. The number of likely N-dealkylation sites (tertiary alicyclic amines) is 1. The Labute approximate surface area is 141 Å². The fourth-order valence-corrected chi connectivity index (χ4v) is 3.02. The molecule has 0 radical (unpaired) electrons. The highest BCUT2D eigenvalue weighted by Crippen LogP contribution is 2.22. The Bertz CT molecular complexity index is 651. The maximum atomic E-state index is 12.5. The molecule has 7 nitrogen and oxygen atoms in total. The Balaban J connectivity index is 1.52. The molecule has 3 rings (SSSR count). The van der Waals surface area contributed by atoms with Crippen molar-refractivity contribution in [3.63, 3.8) is 0 Å². The number of hydrogen-bond acceptors (Lipinski definition) is 5. The van der Waals surface area contributed by atoms with E-state index >= 15 is 0 Å². The quantitative estimate of drug-likeness (QED) is 0.855. The number of nitrogens with zero attached hydrogens (tertiary/aromatic N) is 4. The van der Waals surface area contributed by atoms with Crippen LogP contribution in [0.2, 0.25) is 0 Å². The maximum absolute atomic E-state index is 12.5. The lowest BCUT2D eigenvalue weighted by molar-refractivity contribution is -0.131. The van der Waals surface area contributed by atoms with Gasteiger partial charge in [-0.05, 0) is 30.5 Å². The number of rotatable bonds is 6. The highest BCUT2D eigenvalue weighted by Gasteiger charge is 2.23. The normalized spacial score (nSPS) is 15.5. The van der Waals surface area contributed by atoms with E-state index in [1.54, 1.807) is 12.7 Å². The van der Waals surface area contributed by atoms with Crippen LogP contribution in [-0.4, -0.2) is 51.8 Å². The molecule has 0 atom stereocenters. The van der Waals surface area contributed by atoms with Crippen molar-refractivity contribution in [2.24, 2.45) is 5.73 Å². The van der Waals surface area contributed by atoms with E-state index < -0.39 is 0 Å². The van der Waals surface area contributed by atoms with E-state index in [9.17, 15) is 4.79 Å². The molecule has 0 saturated carbocycles. The molecule has 128 valence electrons. The fourth-order valence-electron chi connectivity index (χ4n) is 3.02. The lowest BCUT2D eigenvalue weighted by Crippen LogP contribution is -2.39. The Morgan fingerprint density at radius 2 is 2.00 bits per heavy atom. The standard InChI is InChI=1S/C17H23N5O2/c18-6-9-24-16-3-1-2-14(10-16)11-17(23)21-7-4-15(5-8-21)22-12-19-20-13-22/h1-3,10,12-13,15H,4-9,11,18H2. The van der Waals surface area contributed by atoms with Crippen LogP contribution >= 0.6 is 0 Å². The van der Waals surface area contributed by atoms with E-state index in [0.717, 1.165) is 37.2 Å². The summed E-state index contributed by atoms with van der Waals surface area (Å²) in [4.78, 5) is 14.5. The predicted octanol–water partition coefficient (Wildman–Crippen LogP) is 1.02. The summed E-state index contributed by atoms with van der Waals surface area (Å²) in [5.41, 5.74) is 6.41. The van der Waals surface area contributed by atoms with E-state index in [4.69, 9.17) is 10.5 Å². The average Bonchev–Trinajstić information content (AvgIpc) is 3.15. The Morgan fingerprint density at radius 1 is 1.25 bits per heavy atom. The van der Waals surface area contributed by atoms with Crippen LogP contribution in [-0.2, 0) is 11.2 Å². The van der Waals surface area contributed by atoms with Crippen LogP contribution in [0.5, 0.6) is 5.75 Å². The zero-order chi connectivity index (χ0) is 16.8. The zero-order valence-electron chi connectivity index (χ0n) is 13.7. The monoisotopic (exact) mass is 329 g/mol. The van der Waals surface area contributed by atoms with E-state index in [0.29, 0.717) is 25.6 Å². The van der Waals surface area contributed by atoms with E-state index in [1.807, 2.05) is 33.7 Å². The van der Waals surface area contributed by atoms with Gasteiger partial charge in [-0.1, -0.05) is 12.1 Å². The third-order valence-corrected chi connectivity index (χ3v) is 4.32. The number of aromatic nitrogens is 3. The highest BCUT2D eigenvalue weighted by atomic mass is 16.5. The van der Waals surface area contributed by atoms with E-state index in [1.165, 1.54) is 0 Å². The van der Waals surface area contributed by atoms with Crippen molar-refractivity contribution in [1.29, 1.82) is 0 Å². The summed E-state index contributed by atoms with van der Waals surface area (Å²) in [6, 6.07) is 8.05. The van der Waals surface area contributed by atoms with Crippen molar-refractivity contribution in [3.8, 4) is 5.75 Å². The van der Waals surface area contributed by atoms with Crippen LogP contribution in [0.25, 0.3) is 0 Å². The molecule has 0 aliphatic carbocycles. The van der Waals surface area contributed by atoms with Gasteiger partial charge in [0.15, 0.2) is 0 Å². The molecule has 7 heteroatoms. The molecule has 2 aromatic rings. The van der Waals surface area contributed by atoms with Gasteiger partial charge in [0.25, 0.3) is 0 Å². The maximum Gasteiger partial charge on any atom is 0.226 e. The van der Waals surface area contributed by atoms with Crippen molar-refractivity contribution < 1.29 is 9.53 Å². The van der Waals surface area contributed by atoms with Gasteiger partial charge in [0, 0.05) is 25.7 Å². The van der Waals surface area contributed by atoms with Gasteiger partial charge in [-0.3, -0.25) is 4.79 Å². The van der Waals surface area contributed by atoms with Crippen LogP contribution in [0.15, 0.2) is 36.9 Å². The predicted molar refractivity (Wildman–Crippen MR) is 89.6 cm³/mol. The van der Waals surface area contributed by atoms with Crippen molar-refractivity contribution in [2.45, 2.75) is 25.3 Å². The van der Waals surface area contributed by atoms with E-state index in [-0.39, 0.29) is 5.91 Å². The molecule has 1 aromatic heterocycles. The Kier molecular flexibility index (Phi) is 5.43. The number of benzene rings is 1. The Hall–Kier alpha value is -2.41. The molecule has 2 N–H and O–H groups in total. The van der Waals surface area contributed by atoms with Crippen molar-refractivity contribution >= 4 is 5.91 Å². The summed E-state index contributed by atoms with van der Waals surface area (Å²) in [6.07, 6.45) is 5.76. The van der Waals surface area contributed by atoms with E-state index in [2.05, 4.69) is 10.2 Å². The topological polar surface area (TPSA) is 86.3 Å². The van der Waals surface area contributed by atoms with Crippen LogP contribution in [0.4, 0.5) is 0 Å². The van der Waals surface area contributed by atoms with Crippen LogP contribution in [0.1, 0.15) is 24.4 Å². The minimum Gasteiger partial charge on any atom is -0.492 e. The largest absolute Gasteiger partial charge is 0.492 e. The zero-order valence-corrected chi connectivity index (χ0v) is 13.7. The molecule has 1 saturated heterocycles. The van der Waals surface area contributed by atoms with Crippen molar-refractivity contribution in [1.82, 2.24) is 19.7 Å². The van der Waals surface area contributed by atoms with Gasteiger partial charge in [0.1, 0.15) is 25.0 Å². The molecular weight excluding hydrogens is 306 g/mol. The third kappa shape index (κ3) is 4.11. The minimum absolute atomic E-state index is 0.160. The molecule has 1 fully saturated rings. The number of piperidine rings is 1. The second kappa shape index (κ2) is 7.92. The second-order valence-corrected chi connectivity index (χ2v) is 5.98. The molecule has 2 heterocycles. The number of hydrogen-bond donors (Lipinski definition) is 1. The van der Waals surface area contributed by atoms with Gasteiger partial charge < -0.3 is 19.9 Å². The van der Waals surface area contributed by atoms with Gasteiger partial charge >= 0.3 is 0 Å². The molecule has 0 spiro atoms. The lowest BCUT2D eigenvalue weighted by Gasteiger charge is -2.32. The molecule has 0 bridgehead atoms. The summed E-state index contributed by atoms with van der Waals surface area (Å²) in [6.45, 7) is 2.49. The van der Waals surface area contributed by atoms with Crippen LogP contribution in [0.3, 0.4) is 0 Å². The number of ether oxygens (including phenoxy) is 1. The highest BCUT2D eigenvalue weighted by molar-refractivity contribution is 5.79. The van der Waals surface area contributed by atoms with Gasteiger partial charge in [-0.25, -0.2) is 0 Å². The van der Waals surface area contributed by atoms with Gasteiger partial charge in [-0.15, -0.1) is 10.2 Å². The molecule has 1 aliphatic rings. The summed E-state index contributed by atoms with van der Waals surface area (Å²) < 4.78 is 7.54. The molecule has 1 aromatic carbocycles. The minimum atomic E-state index is 0.160. The fraction of sp³-hybridized carbons (Fsp3) is 0.471. The van der Waals surface area contributed by atoms with Crippen LogP contribution in [0, 0.1) is 0 Å². The van der Waals surface area contributed by atoms with Crippen molar-refractivity contribution in [3.05, 3.63) is 42.5 Å². The lowest BCUT2D eigenvalue weighted by atomic mass is 10.0. The summed E-state index contributed by atoms with van der Waals surface area (Å²) in [5.74, 6) is 0.922. The Morgan fingerprint density at radius 3 is 2.71 bits per heavy atom. The summed E-state index contributed by atoms with van der Waals surface area (Å²) >= 11 is 0. The summed E-state index contributed by atoms with van der Waals surface area (Å²) in [5, 5.41) is 7.70. The molecule has 1 amide bonds. The van der Waals surface area contributed by atoms with Crippen LogP contribution < -0.4 is 10.5 Å². The number of nitrogens with two attached hydrogens (primary N) is 1. The third-order valence-electron chi connectivity index (χ3n) is 4.32. The first-order valence-corrected chi connectivity index (χ1v) is 8.30. The molecule has 0 unspecified atom stereocenters. The summed E-state index contributed by atoms with van der Waals surface area (Å²) in [7, 11) is 0. The van der Waals surface area contributed by atoms with Gasteiger partial charge in [-0.2, -0.15) is 0 Å². The number of carbonyl (C=O) groups excluding carboxylic acids is 1. The second-order valence-electron chi connectivity index (χ2n) is 5.98. The first kappa shape index (κ1) is 16.4. The average molecular weight is 329 g/mol. The molecule has 1 aliphatic heterocycles. The SMILES string of the molecule is NCCOc1cccc(CC(=O)N2CCC(n3cnnc3)CC2)c1. The van der Waals surface area contributed by atoms with Gasteiger partial charge in [0.05, 0.1) is 6.42 Å². The molecule has 24 heavy (non-hydrogen) atoms. The number of amides is 1. The van der Waals surface area contributed by atoms with Crippen molar-refractivity contribution in [2.75, 3.05) is 26.2 Å². The molecular formula is C17H23N5O2. The number of carbonyl (C=O) groups is 1. The first-order chi connectivity index (χ1) is 11.8. The first-order valence-electron chi connectivity index (χ1n) is 8.30.